The second-order valence-electron chi connectivity index (χ2n) is 6.81. The summed E-state index contributed by atoms with van der Waals surface area (Å²) in [6, 6.07) is 8.42. The van der Waals surface area contributed by atoms with Gasteiger partial charge in [-0.2, -0.15) is 0 Å². The molecular formula is C23H32ClN3O3. The van der Waals surface area contributed by atoms with E-state index in [-0.39, 0.29) is 23.0 Å². The lowest BCUT2D eigenvalue weighted by Crippen LogP contribution is -2.25. The van der Waals surface area contributed by atoms with Crippen LogP contribution in [0.1, 0.15) is 66.1 Å². The largest absolute Gasteiger partial charge is 0.504 e. The summed E-state index contributed by atoms with van der Waals surface area (Å²) in [5.74, 6) is 1.44. The standard InChI is InChI=1S/C19H20ClN3O3.2C2H6/c1-2-19(9-8-12(24)11-19)18-22-21-17-15(7-4-10-23(17)18)26-16-13(20)5-3-6-14(16)25;2*1-2/h3-7,10,12,24-25H,2,8-9,11H2,1H3;2*1-2H3. The lowest BCUT2D eigenvalue weighted by Gasteiger charge is -2.25. The number of pyridine rings is 1. The number of benzene rings is 1. The predicted molar refractivity (Wildman–Crippen MR) is 121 cm³/mol. The third-order valence-electron chi connectivity index (χ3n) is 5.29. The van der Waals surface area contributed by atoms with Crippen LogP contribution >= 0.6 is 11.6 Å². The average molecular weight is 434 g/mol. The summed E-state index contributed by atoms with van der Waals surface area (Å²) >= 11 is 6.14. The molecule has 0 bridgehead atoms. The van der Waals surface area contributed by atoms with Crippen molar-refractivity contribution in [2.24, 2.45) is 0 Å². The molecule has 2 aromatic heterocycles. The number of hydrogen-bond acceptors (Lipinski definition) is 5. The molecule has 1 saturated carbocycles. The molecule has 164 valence electrons. The SMILES string of the molecule is CC.CC.CCC1(c2nnc3c(Oc4c(O)cccc4Cl)cccn23)CCC(O)C1. The van der Waals surface area contributed by atoms with Crippen LogP contribution in [0.25, 0.3) is 5.65 Å². The maximum absolute atomic E-state index is 10.1. The molecule has 0 saturated heterocycles. The minimum atomic E-state index is -0.304. The second kappa shape index (κ2) is 10.6. The highest BCUT2D eigenvalue weighted by Gasteiger charge is 2.42. The molecule has 2 atom stereocenters. The Kier molecular flexibility index (Phi) is 8.50. The number of fused-ring (bicyclic) bond motifs is 1. The van der Waals surface area contributed by atoms with Gasteiger partial charge in [0.15, 0.2) is 17.2 Å². The number of ether oxygens (including phenoxy) is 1. The first kappa shape index (κ1) is 24.0. The van der Waals surface area contributed by atoms with Gasteiger partial charge in [0.1, 0.15) is 5.82 Å². The van der Waals surface area contributed by atoms with Crippen LogP contribution in [0.15, 0.2) is 36.5 Å². The minimum Gasteiger partial charge on any atom is -0.504 e. The molecule has 3 aromatic rings. The van der Waals surface area contributed by atoms with Crippen molar-refractivity contribution in [1.29, 1.82) is 0 Å². The second-order valence-corrected chi connectivity index (χ2v) is 7.22. The summed E-state index contributed by atoms with van der Waals surface area (Å²) in [6.45, 7) is 10.1. The van der Waals surface area contributed by atoms with Crippen molar-refractivity contribution >= 4 is 17.2 Å². The Hall–Kier alpha value is -2.31. The molecule has 4 rings (SSSR count). The quantitative estimate of drug-likeness (QED) is 0.517. The smallest absolute Gasteiger partial charge is 0.203 e. The number of phenols is 1. The van der Waals surface area contributed by atoms with Crippen LogP contribution in [0.4, 0.5) is 0 Å². The van der Waals surface area contributed by atoms with Gasteiger partial charge in [-0.3, -0.25) is 4.40 Å². The minimum absolute atomic E-state index is 0.0387. The Morgan fingerprint density at radius 3 is 2.50 bits per heavy atom. The third-order valence-corrected chi connectivity index (χ3v) is 5.59. The number of hydrogen-bond donors (Lipinski definition) is 2. The fraction of sp³-hybridized carbons (Fsp3) is 0.478. The van der Waals surface area contributed by atoms with E-state index in [0.29, 0.717) is 22.8 Å². The zero-order valence-corrected chi connectivity index (χ0v) is 19.1. The van der Waals surface area contributed by atoms with Gasteiger partial charge in [-0.05, 0) is 49.9 Å². The van der Waals surface area contributed by atoms with Gasteiger partial charge in [-0.25, -0.2) is 0 Å². The van der Waals surface area contributed by atoms with Gasteiger partial charge >= 0.3 is 0 Å². The monoisotopic (exact) mass is 433 g/mol. The van der Waals surface area contributed by atoms with Crippen molar-refractivity contribution in [3.63, 3.8) is 0 Å². The van der Waals surface area contributed by atoms with Crippen molar-refractivity contribution in [1.82, 2.24) is 14.6 Å². The fourth-order valence-electron chi connectivity index (χ4n) is 3.82. The van der Waals surface area contributed by atoms with E-state index in [2.05, 4.69) is 17.1 Å². The first-order valence-corrected chi connectivity index (χ1v) is 11.1. The first-order chi connectivity index (χ1) is 14.5. The zero-order valence-electron chi connectivity index (χ0n) is 18.4. The molecule has 2 N–H and O–H groups in total. The number of halogens is 1. The number of aliphatic hydroxyl groups is 1. The maximum Gasteiger partial charge on any atom is 0.203 e. The predicted octanol–water partition coefficient (Wildman–Crippen LogP) is 6.13. The van der Waals surface area contributed by atoms with Crippen LogP contribution in [0.3, 0.4) is 0 Å². The molecule has 0 aliphatic heterocycles. The molecule has 6 nitrogen and oxygen atoms in total. The average Bonchev–Trinajstić information content (AvgIpc) is 3.38. The first-order valence-electron chi connectivity index (χ1n) is 10.7. The van der Waals surface area contributed by atoms with E-state index in [9.17, 15) is 10.2 Å². The topological polar surface area (TPSA) is 79.9 Å². The Labute approximate surface area is 183 Å². The van der Waals surface area contributed by atoms with Crippen LogP contribution in [0.2, 0.25) is 5.02 Å². The lowest BCUT2D eigenvalue weighted by molar-refractivity contribution is 0.171. The Morgan fingerprint density at radius 1 is 1.17 bits per heavy atom. The van der Waals surface area contributed by atoms with Crippen LogP contribution < -0.4 is 4.74 Å². The van der Waals surface area contributed by atoms with Gasteiger partial charge in [0.25, 0.3) is 0 Å². The van der Waals surface area contributed by atoms with Crippen LogP contribution in [-0.4, -0.2) is 30.9 Å². The molecular weight excluding hydrogens is 402 g/mol. The van der Waals surface area contributed by atoms with Gasteiger partial charge in [-0.15, -0.1) is 10.2 Å². The number of nitrogens with zero attached hydrogens (tertiary/aromatic N) is 3. The molecule has 1 fully saturated rings. The molecule has 2 unspecified atom stereocenters. The number of aromatic nitrogens is 3. The molecule has 0 radical (unpaired) electrons. The van der Waals surface area contributed by atoms with Crippen molar-refractivity contribution in [3.05, 3.63) is 47.4 Å². The van der Waals surface area contributed by atoms with Gasteiger partial charge < -0.3 is 14.9 Å². The summed E-state index contributed by atoms with van der Waals surface area (Å²) in [4.78, 5) is 0. The maximum atomic E-state index is 10.1. The lowest BCUT2D eigenvalue weighted by atomic mass is 9.82. The van der Waals surface area contributed by atoms with E-state index in [1.54, 1.807) is 18.2 Å². The van der Waals surface area contributed by atoms with E-state index in [1.165, 1.54) is 6.07 Å². The Balaban J connectivity index is 0.000000757. The van der Waals surface area contributed by atoms with Crippen LogP contribution in [0, 0.1) is 0 Å². The zero-order chi connectivity index (χ0) is 22.3. The highest BCUT2D eigenvalue weighted by molar-refractivity contribution is 6.32. The molecule has 1 aromatic carbocycles. The van der Waals surface area contributed by atoms with Gasteiger partial charge in [0, 0.05) is 11.6 Å². The summed E-state index contributed by atoms with van der Waals surface area (Å²) in [5.41, 5.74) is 0.361. The summed E-state index contributed by atoms with van der Waals surface area (Å²) in [7, 11) is 0. The van der Waals surface area contributed by atoms with Crippen molar-refractivity contribution in [2.75, 3.05) is 0 Å². The molecule has 1 aliphatic rings. The van der Waals surface area contributed by atoms with Crippen molar-refractivity contribution in [3.8, 4) is 17.2 Å². The van der Waals surface area contributed by atoms with Crippen molar-refractivity contribution < 1.29 is 14.9 Å². The molecule has 30 heavy (non-hydrogen) atoms. The number of para-hydroxylation sites is 1. The molecule has 2 heterocycles. The normalized spacial score (nSPS) is 20.2. The van der Waals surface area contributed by atoms with E-state index in [1.807, 2.05) is 44.4 Å². The highest BCUT2D eigenvalue weighted by atomic mass is 35.5. The molecule has 0 amide bonds. The number of aliphatic hydroxyl groups excluding tert-OH is 1. The Morgan fingerprint density at radius 2 is 1.90 bits per heavy atom. The van der Waals surface area contributed by atoms with E-state index in [4.69, 9.17) is 16.3 Å². The fourth-order valence-corrected chi connectivity index (χ4v) is 4.03. The summed E-state index contributed by atoms with van der Waals surface area (Å²) in [5, 5.41) is 29.1. The van der Waals surface area contributed by atoms with Gasteiger partial charge in [0.05, 0.1) is 11.1 Å². The third kappa shape index (κ3) is 4.55. The Bertz CT molecular complexity index is 940. The van der Waals surface area contributed by atoms with E-state index in [0.717, 1.165) is 25.1 Å². The number of rotatable bonds is 4. The summed E-state index contributed by atoms with van der Waals surface area (Å²) in [6.07, 6.45) is 4.80. The van der Waals surface area contributed by atoms with E-state index < -0.39 is 0 Å². The summed E-state index contributed by atoms with van der Waals surface area (Å²) < 4.78 is 7.77. The van der Waals surface area contributed by atoms with Gasteiger partial charge in [0.2, 0.25) is 5.65 Å². The molecule has 7 heteroatoms. The van der Waals surface area contributed by atoms with Crippen molar-refractivity contribution in [2.45, 2.75) is 71.8 Å². The van der Waals surface area contributed by atoms with Gasteiger partial charge in [-0.1, -0.05) is 52.3 Å². The molecule has 1 aliphatic carbocycles. The molecule has 0 spiro atoms. The number of phenolic OH excluding ortho intramolecular Hbond substituents is 1. The highest BCUT2D eigenvalue weighted by Crippen LogP contribution is 2.44. The number of aromatic hydroxyl groups is 1. The van der Waals surface area contributed by atoms with Crippen LogP contribution in [-0.2, 0) is 5.41 Å². The van der Waals surface area contributed by atoms with E-state index >= 15 is 0 Å². The van der Waals surface area contributed by atoms with Crippen LogP contribution in [0.5, 0.6) is 17.2 Å².